The third-order valence-corrected chi connectivity index (χ3v) is 4.21. The van der Waals surface area contributed by atoms with Crippen molar-refractivity contribution < 1.29 is 23.0 Å². The van der Waals surface area contributed by atoms with E-state index in [1.54, 1.807) is 54.6 Å². The van der Waals surface area contributed by atoms with Gasteiger partial charge < -0.3 is 9.47 Å². The minimum atomic E-state index is -0.623. The van der Waals surface area contributed by atoms with Gasteiger partial charge in [-0.2, -0.15) is 0 Å². The van der Waals surface area contributed by atoms with Crippen molar-refractivity contribution in [3.05, 3.63) is 107 Å². The average Bonchev–Trinajstić information content (AvgIpc) is 3.08. The number of nitrogens with zero attached hydrogens (tertiary/aromatic N) is 1. The van der Waals surface area contributed by atoms with E-state index in [-0.39, 0.29) is 24.0 Å². The van der Waals surface area contributed by atoms with Crippen LogP contribution in [0.5, 0.6) is 5.75 Å². The zero-order valence-corrected chi connectivity index (χ0v) is 15.1. The van der Waals surface area contributed by atoms with Crippen molar-refractivity contribution in [3.63, 3.8) is 0 Å². The highest BCUT2D eigenvalue weighted by Crippen LogP contribution is 2.22. The number of ether oxygens (including phenoxy) is 2. The van der Waals surface area contributed by atoms with Gasteiger partial charge in [0.25, 0.3) is 0 Å². The van der Waals surface area contributed by atoms with Gasteiger partial charge in [0.1, 0.15) is 24.0 Å². The Morgan fingerprint density at radius 3 is 2.62 bits per heavy atom. The smallest absolute Gasteiger partial charge is 0.363 e. The summed E-state index contributed by atoms with van der Waals surface area (Å²) in [6.45, 7) is 0.0800. The molecule has 0 atom stereocenters. The Kier molecular flexibility index (Phi) is 5.16. The van der Waals surface area contributed by atoms with Gasteiger partial charge in [0, 0.05) is 11.1 Å². The molecule has 3 aromatic rings. The Bertz CT molecular complexity index is 1140. The molecule has 29 heavy (non-hydrogen) atoms. The molecule has 6 heteroatoms. The molecule has 4 rings (SSSR count). The summed E-state index contributed by atoms with van der Waals surface area (Å²) < 4.78 is 37.9. The molecule has 0 aromatic heterocycles. The van der Waals surface area contributed by atoms with Crippen molar-refractivity contribution in [2.75, 3.05) is 0 Å². The van der Waals surface area contributed by atoms with Crippen LogP contribution in [0, 0.1) is 11.6 Å². The first kappa shape index (κ1) is 18.6. The number of benzene rings is 3. The Balaban J connectivity index is 1.53. The lowest BCUT2D eigenvalue weighted by Gasteiger charge is -2.07. The lowest BCUT2D eigenvalue weighted by atomic mass is 10.2. The molecule has 0 saturated heterocycles. The minimum absolute atomic E-state index is 0.0488. The van der Waals surface area contributed by atoms with Gasteiger partial charge in [-0.3, -0.25) is 0 Å². The molecule has 1 aliphatic rings. The third kappa shape index (κ3) is 4.38. The van der Waals surface area contributed by atoms with Gasteiger partial charge >= 0.3 is 5.97 Å². The molecular formula is C23H15F2NO3. The first-order valence-electron chi connectivity index (χ1n) is 8.83. The number of halogens is 2. The molecule has 3 aromatic carbocycles. The van der Waals surface area contributed by atoms with Gasteiger partial charge in [-0.1, -0.05) is 36.4 Å². The molecule has 0 radical (unpaired) electrons. The Hall–Kier alpha value is -3.80. The summed E-state index contributed by atoms with van der Waals surface area (Å²) in [4.78, 5) is 16.3. The quantitative estimate of drug-likeness (QED) is 0.460. The summed E-state index contributed by atoms with van der Waals surface area (Å²) in [5.41, 5.74) is 1.58. The zero-order chi connectivity index (χ0) is 20.2. The summed E-state index contributed by atoms with van der Waals surface area (Å²) in [5, 5.41) is 0. The molecule has 0 unspecified atom stereocenters. The van der Waals surface area contributed by atoms with E-state index >= 15 is 0 Å². The minimum Gasteiger partial charge on any atom is -0.489 e. The molecule has 1 heterocycles. The zero-order valence-electron chi connectivity index (χ0n) is 15.1. The summed E-state index contributed by atoms with van der Waals surface area (Å²) >= 11 is 0. The van der Waals surface area contributed by atoms with Gasteiger partial charge in [0.2, 0.25) is 5.90 Å². The molecule has 4 nitrogen and oxygen atoms in total. The van der Waals surface area contributed by atoms with Crippen LogP contribution in [0.1, 0.15) is 16.7 Å². The van der Waals surface area contributed by atoms with Crippen LogP contribution < -0.4 is 4.74 Å². The predicted molar refractivity (Wildman–Crippen MR) is 104 cm³/mol. The highest BCUT2D eigenvalue weighted by molar-refractivity contribution is 6.12. The number of aliphatic imine (C=N–C) groups is 1. The maximum absolute atomic E-state index is 13.7. The van der Waals surface area contributed by atoms with E-state index in [0.29, 0.717) is 22.4 Å². The highest BCUT2D eigenvalue weighted by atomic mass is 19.1. The van der Waals surface area contributed by atoms with E-state index in [4.69, 9.17) is 9.47 Å². The van der Waals surface area contributed by atoms with Crippen molar-refractivity contribution in [2.24, 2.45) is 4.99 Å². The van der Waals surface area contributed by atoms with Crippen LogP contribution in [-0.2, 0) is 16.1 Å². The normalized spacial score (nSPS) is 14.6. The molecular weight excluding hydrogens is 376 g/mol. The number of carbonyl (C=O) groups excluding carboxylic acids is 1. The van der Waals surface area contributed by atoms with Crippen LogP contribution in [0.2, 0.25) is 0 Å². The largest absolute Gasteiger partial charge is 0.489 e. The highest BCUT2D eigenvalue weighted by Gasteiger charge is 2.24. The van der Waals surface area contributed by atoms with Crippen molar-refractivity contribution in [3.8, 4) is 5.75 Å². The number of carbonyl (C=O) groups is 1. The summed E-state index contributed by atoms with van der Waals surface area (Å²) in [7, 11) is 0. The van der Waals surface area contributed by atoms with Crippen LogP contribution in [0.15, 0.2) is 83.5 Å². The van der Waals surface area contributed by atoms with E-state index in [0.717, 1.165) is 0 Å². The maximum atomic E-state index is 13.7. The fourth-order valence-corrected chi connectivity index (χ4v) is 2.78. The topological polar surface area (TPSA) is 47.9 Å². The van der Waals surface area contributed by atoms with E-state index in [2.05, 4.69) is 4.99 Å². The molecule has 0 aliphatic carbocycles. The summed E-state index contributed by atoms with van der Waals surface area (Å²) in [5.74, 6) is -0.838. The molecule has 0 spiro atoms. The van der Waals surface area contributed by atoms with Crippen molar-refractivity contribution >= 4 is 17.9 Å². The van der Waals surface area contributed by atoms with Crippen molar-refractivity contribution in [2.45, 2.75) is 6.61 Å². The van der Waals surface area contributed by atoms with E-state index < -0.39 is 11.8 Å². The number of cyclic esters (lactones) is 1. The number of hydrogen-bond acceptors (Lipinski definition) is 4. The first-order valence-corrected chi connectivity index (χ1v) is 8.83. The lowest BCUT2D eigenvalue weighted by Crippen LogP contribution is -2.05. The molecule has 1 aliphatic heterocycles. The SMILES string of the molecule is O=C1OC(c2cccc(F)c2)=N/C1=C\c1cccc(OCc2ccccc2F)c1. The standard InChI is InChI=1S/C23H15F2NO3/c24-18-8-4-7-16(13-18)22-26-21(23(27)29-22)12-15-5-3-9-19(11-15)28-14-17-6-1-2-10-20(17)25/h1-13H,14H2/b21-12-. The fourth-order valence-electron chi connectivity index (χ4n) is 2.78. The summed E-state index contributed by atoms with van der Waals surface area (Å²) in [6.07, 6.45) is 1.55. The van der Waals surface area contributed by atoms with E-state index in [9.17, 15) is 13.6 Å². The number of hydrogen-bond donors (Lipinski definition) is 0. The fraction of sp³-hybridized carbons (Fsp3) is 0.0435. The predicted octanol–water partition coefficient (Wildman–Crippen LogP) is 4.89. The second-order valence-corrected chi connectivity index (χ2v) is 6.30. The Morgan fingerprint density at radius 2 is 1.79 bits per heavy atom. The Morgan fingerprint density at radius 1 is 0.966 bits per heavy atom. The average molecular weight is 391 g/mol. The van der Waals surface area contributed by atoms with Gasteiger partial charge in [-0.05, 0) is 48.0 Å². The van der Waals surface area contributed by atoms with Crippen LogP contribution in [0.4, 0.5) is 8.78 Å². The van der Waals surface area contributed by atoms with E-state index in [1.165, 1.54) is 24.3 Å². The molecule has 144 valence electrons. The van der Waals surface area contributed by atoms with Gasteiger partial charge in [0.05, 0.1) is 0 Å². The number of esters is 1. The lowest BCUT2D eigenvalue weighted by molar-refractivity contribution is -0.129. The van der Waals surface area contributed by atoms with Gasteiger partial charge in [0.15, 0.2) is 5.70 Å². The van der Waals surface area contributed by atoms with Crippen LogP contribution >= 0.6 is 0 Å². The van der Waals surface area contributed by atoms with Crippen LogP contribution in [0.25, 0.3) is 6.08 Å². The maximum Gasteiger partial charge on any atom is 0.363 e. The third-order valence-electron chi connectivity index (χ3n) is 4.21. The molecule has 0 amide bonds. The van der Waals surface area contributed by atoms with Gasteiger partial charge in [-0.25, -0.2) is 18.6 Å². The van der Waals surface area contributed by atoms with Crippen LogP contribution in [0.3, 0.4) is 0 Å². The number of rotatable bonds is 5. The van der Waals surface area contributed by atoms with Crippen LogP contribution in [-0.4, -0.2) is 11.9 Å². The molecule has 0 fully saturated rings. The van der Waals surface area contributed by atoms with E-state index in [1.807, 2.05) is 0 Å². The molecule has 0 N–H and O–H groups in total. The molecule has 0 saturated carbocycles. The summed E-state index contributed by atoms with van der Waals surface area (Å²) in [6, 6.07) is 19.0. The van der Waals surface area contributed by atoms with Crippen molar-refractivity contribution in [1.82, 2.24) is 0 Å². The second-order valence-electron chi connectivity index (χ2n) is 6.30. The Labute approximate surface area is 165 Å². The monoisotopic (exact) mass is 391 g/mol. The first-order chi connectivity index (χ1) is 14.1. The van der Waals surface area contributed by atoms with Gasteiger partial charge in [-0.15, -0.1) is 0 Å². The second kappa shape index (κ2) is 8.06. The molecule has 0 bridgehead atoms. The van der Waals surface area contributed by atoms with Crippen molar-refractivity contribution in [1.29, 1.82) is 0 Å².